The molecule has 21 heavy (non-hydrogen) atoms. The molecule has 0 aliphatic heterocycles. The Kier molecular flexibility index (Phi) is 3.35. The first kappa shape index (κ1) is 13.2. The summed E-state index contributed by atoms with van der Waals surface area (Å²) in [4.78, 5) is 26.2. The molecule has 0 N–H and O–H groups in total. The van der Waals surface area contributed by atoms with Gasteiger partial charge in [-0.25, -0.2) is 9.48 Å². The largest absolute Gasteiger partial charge is 0.462 e. The molecular formula is C13H12N4O4. The highest BCUT2D eigenvalue weighted by Gasteiger charge is 2.28. The molecule has 0 spiro atoms. The van der Waals surface area contributed by atoms with Gasteiger partial charge in [0.1, 0.15) is 0 Å². The second kappa shape index (κ2) is 5.31. The molecule has 0 radical (unpaired) electrons. The maximum atomic E-state index is 11.9. The first-order valence-corrected chi connectivity index (χ1v) is 6.47. The summed E-state index contributed by atoms with van der Waals surface area (Å²) in [6.45, 7) is 0.302. The average Bonchev–Trinajstić information content (AvgIpc) is 3.15. The first-order valence-electron chi connectivity index (χ1n) is 6.47. The number of hydrogen-bond acceptors (Lipinski definition) is 6. The van der Waals surface area contributed by atoms with Crippen LogP contribution in [0.3, 0.4) is 0 Å². The van der Waals surface area contributed by atoms with E-state index in [1.807, 2.05) is 0 Å². The van der Waals surface area contributed by atoms with Crippen molar-refractivity contribution in [2.75, 3.05) is 6.61 Å². The molecule has 0 aromatic carbocycles. The third kappa shape index (κ3) is 2.88. The van der Waals surface area contributed by atoms with Crippen LogP contribution in [-0.4, -0.2) is 32.3 Å². The maximum absolute atomic E-state index is 11.9. The van der Waals surface area contributed by atoms with Gasteiger partial charge >= 0.3 is 11.8 Å². The summed E-state index contributed by atoms with van der Waals surface area (Å²) < 4.78 is 6.45. The quantitative estimate of drug-likeness (QED) is 0.472. The number of rotatable bonds is 5. The van der Waals surface area contributed by atoms with Crippen molar-refractivity contribution < 1.29 is 14.5 Å². The van der Waals surface area contributed by atoms with Crippen LogP contribution in [-0.2, 0) is 4.74 Å². The Labute approximate surface area is 119 Å². The predicted molar refractivity (Wildman–Crippen MR) is 71.0 cm³/mol. The van der Waals surface area contributed by atoms with Crippen LogP contribution in [0.15, 0.2) is 30.6 Å². The fraction of sp³-hybridized carbons (Fsp3) is 0.308. The Hall–Kier alpha value is -2.77. The van der Waals surface area contributed by atoms with Crippen LogP contribution in [0.5, 0.6) is 0 Å². The van der Waals surface area contributed by atoms with E-state index in [-0.39, 0.29) is 11.4 Å². The normalized spacial score (nSPS) is 13.9. The number of aromatic nitrogens is 3. The number of hydrogen-bond donors (Lipinski definition) is 0. The number of nitro groups is 1. The number of nitrogens with zero attached hydrogens (tertiary/aromatic N) is 4. The molecule has 1 aliphatic rings. The molecule has 8 nitrogen and oxygen atoms in total. The summed E-state index contributed by atoms with van der Waals surface area (Å²) in [7, 11) is 0. The molecule has 3 rings (SSSR count). The zero-order chi connectivity index (χ0) is 14.8. The molecule has 8 heteroatoms. The first-order chi connectivity index (χ1) is 10.1. The van der Waals surface area contributed by atoms with E-state index >= 15 is 0 Å². The summed E-state index contributed by atoms with van der Waals surface area (Å²) in [5.74, 6) is -0.577. The minimum absolute atomic E-state index is 0.142. The molecule has 108 valence electrons. The van der Waals surface area contributed by atoms with E-state index in [1.165, 1.54) is 23.0 Å². The van der Waals surface area contributed by atoms with Gasteiger partial charge in [0.25, 0.3) is 5.82 Å². The van der Waals surface area contributed by atoms with Crippen molar-refractivity contribution in [1.29, 1.82) is 0 Å². The molecule has 1 aliphatic carbocycles. The number of ether oxygens (including phenoxy) is 1. The Morgan fingerprint density at radius 1 is 1.48 bits per heavy atom. The molecule has 2 heterocycles. The van der Waals surface area contributed by atoms with Gasteiger partial charge in [-0.15, -0.1) is 0 Å². The molecule has 0 amide bonds. The number of carbonyl (C=O) groups is 1. The SMILES string of the molecule is O=C(OCC1CC1)c1ccc(-n2cccn2)nc1[N+](=O)[O-]. The monoisotopic (exact) mass is 288 g/mol. The fourth-order valence-electron chi connectivity index (χ4n) is 1.82. The van der Waals surface area contributed by atoms with E-state index in [2.05, 4.69) is 10.1 Å². The van der Waals surface area contributed by atoms with Gasteiger partial charge in [0.05, 0.1) is 6.61 Å². The van der Waals surface area contributed by atoms with E-state index in [1.54, 1.807) is 12.3 Å². The van der Waals surface area contributed by atoms with E-state index in [0.29, 0.717) is 12.5 Å². The molecule has 2 aromatic heterocycles. The lowest BCUT2D eigenvalue weighted by Crippen LogP contribution is -2.12. The molecule has 0 unspecified atom stereocenters. The third-order valence-corrected chi connectivity index (χ3v) is 3.14. The minimum Gasteiger partial charge on any atom is -0.462 e. The van der Waals surface area contributed by atoms with Crippen molar-refractivity contribution in [3.8, 4) is 5.82 Å². The zero-order valence-corrected chi connectivity index (χ0v) is 11.0. The highest BCUT2D eigenvalue weighted by Crippen LogP contribution is 2.29. The minimum atomic E-state index is -0.715. The molecule has 2 aromatic rings. The summed E-state index contributed by atoms with van der Waals surface area (Å²) >= 11 is 0. The van der Waals surface area contributed by atoms with Crippen LogP contribution >= 0.6 is 0 Å². The van der Waals surface area contributed by atoms with Crippen LogP contribution < -0.4 is 0 Å². The Morgan fingerprint density at radius 3 is 2.90 bits per heavy atom. The van der Waals surface area contributed by atoms with Gasteiger partial charge in [0.2, 0.25) is 0 Å². The van der Waals surface area contributed by atoms with Gasteiger partial charge in [0.15, 0.2) is 5.56 Å². The lowest BCUT2D eigenvalue weighted by Gasteiger charge is -2.05. The summed E-state index contributed by atoms with van der Waals surface area (Å²) in [6.07, 6.45) is 5.21. The molecule has 0 bridgehead atoms. The topological polar surface area (TPSA) is 100 Å². The second-order valence-electron chi connectivity index (χ2n) is 4.79. The molecule has 1 saturated carbocycles. The van der Waals surface area contributed by atoms with Crippen molar-refractivity contribution in [2.45, 2.75) is 12.8 Å². The summed E-state index contributed by atoms with van der Waals surface area (Å²) in [6, 6.07) is 4.51. The van der Waals surface area contributed by atoms with Crippen LogP contribution in [0.25, 0.3) is 5.82 Å². The summed E-state index contributed by atoms with van der Waals surface area (Å²) in [5, 5.41) is 15.0. The lowest BCUT2D eigenvalue weighted by molar-refractivity contribution is -0.389. The van der Waals surface area contributed by atoms with Gasteiger partial charge in [-0.05, 0) is 40.8 Å². The average molecular weight is 288 g/mol. The highest BCUT2D eigenvalue weighted by atomic mass is 16.6. The van der Waals surface area contributed by atoms with Crippen molar-refractivity contribution in [3.05, 3.63) is 46.3 Å². The zero-order valence-electron chi connectivity index (χ0n) is 11.0. The molecule has 0 atom stereocenters. The Morgan fingerprint density at radius 2 is 2.29 bits per heavy atom. The smallest absolute Gasteiger partial charge is 0.380 e. The second-order valence-corrected chi connectivity index (χ2v) is 4.79. The maximum Gasteiger partial charge on any atom is 0.380 e. The number of carbonyl (C=O) groups excluding carboxylic acids is 1. The predicted octanol–water partition coefficient (Wildman–Crippen LogP) is 1.74. The Balaban J connectivity index is 1.88. The highest BCUT2D eigenvalue weighted by molar-refractivity contribution is 5.93. The van der Waals surface area contributed by atoms with Crippen molar-refractivity contribution in [3.63, 3.8) is 0 Å². The van der Waals surface area contributed by atoms with Crippen LogP contribution in [0, 0.1) is 16.0 Å². The van der Waals surface area contributed by atoms with Crippen LogP contribution in [0.2, 0.25) is 0 Å². The van der Waals surface area contributed by atoms with E-state index < -0.39 is 16.7 Å². The number of pyridine rings is 1. The van der Waals surface area contributed by atoms with E-state index in [9.17, 15) is 14.9 Å². The summed E-state index contributed by atoms with van der Waals surface area (Å²) in [5.41, 5.74) is -0.142. The van der Waals surface area contributed by atoms with Gasteiger partial charge in [0, 0.05) is 18.5 Å². The fourth-order valence-corrected chi connectivity index (χ4v) is 1.82. The molecule has 0 saturated heterocycles. The van der Waals surface area contributed by atoms with Gasteiger partial charge in [-0.2, -0.15) is 5.10 Å². The third-order valence-electron chi connectivity index (χ3n) is 3.14. The molecular weight excluding hydrogens is 276 g/mol. The standard InChI is InChI=1S/C13H12N4O4/c18-13(21-8-9-2-3-9)10-4-5-11(15-12(10)17(19)20)16-7-1-6-14-16/h1,4-7,9H,2-3,8H2. The van der Waals surface area contributed by atoms with Crippen molar-refractivity contribution in [1.82, 2.24) is 14.8 Å². The lowest BCUT2D eigenvalue weighted by atomic mass is 10.2. The Bertz CT molecular complexity index is 679. The van der Waals surface area contributed by atoms with Gasteiger partial charge in [-0.1, -0.05) is 0 Å². The van der Waals surface area contributed by atoms with Gasteiger partial charge in [-0.3, -0.25) is 0 Å². The van der Waals surface area contributed by atoms with Crippen LogP contribution in [0.4, 0.5) is 5.82 Å². The van der Waals surface area contributed by atoms with Crippen LogP contribution in [0.1, 0.15) is 23.2 Å². The van der Waals surface area contributed by atoms with E-state index in [4.69, 9.17) is 4.74 Å². The number of esters is 1. The van der Waals surface area contributed by atoms with Gasteiger partial charge < -0.3 is 14.9 Å². The molecule has 1 fully saturated rings. The van der Waals surface area contributed by atoms with E-state index in [0.717, 1.165) is 12.8 Å². The van der Waals surface area contributed by atoms with Crippen molar-refractivity contribution in [2.24, 2.45) is 5.92 Å². The van der Waals surface area contributed by atoms with Crippen molar-refractivity contribution >= 4 is 11.8 Å².